The Bertz CT molecular complexity index is 795. The van der Waals surface area contributed by atoms with Gasteiger partial charge in [-0.25, -0.2) is 8.42 Å². The maximum Gasteiger partial charge on any atom is 0.253 e. The van der Waals surface area contributed by atoms with Gasteiger partial charge in [-0.05, 0) is 50.2 Å². The number of benzene rings is 1. The zero-order valence-electron chi connectivity index (χ0n) is 13.1. The van der Waals surface area contributed by atoms with Gasteiger partial charge in [-0.3, -0.25) is 4.79 Å². The molecule has 2 rings (SSSR count). The average Bonchev–Trinajstić information content (AvgIpc) is 2.91. The van der Waals surface area contributed by atoms with Crippen molar-refractivity contribution in [1.29, 1.82) is 0 Å². The standard InChI is InChI=1S/C16H18ClNO3S2/c1-11(2)23(20,21)14-7-4-12(5-8-14)16(19)18(3)10-13-6-9-15(17)22-13/h4-9,11H,10H2,1-3H3. The number of sulfone groups is 1. The van der Waals surface area contributed by atoms with Crippen molar-refractivity contribution >= 4 is 38.7 Å². The van der Waals surface area contributed by atoms with Gasteiger partial charge in [0.25, 0.3) is 5.91 Å². The molecule has 0 spiro atoms. The molecule has 0 N–H and O–H groups in total. The van der Waals surface area contributed by atoms with Crippen molar-refractivity contribution in [2.45, 2.75) is 30.5 Å². The molecule has 1 amide bonds. The van der Waals surface area contributed by atoms with Crippen LogP contribution in [0.15, 0.2) is 41.3 Å². The first-order chi connectivity index (χ1) is 10.7. The third kappa shape index (κ3) is 4.13. The van der Waals surface area contributed by atoms with E-state index in [0.717, 1.165) is 4.88 Å². The van der Waals surface area contributed by atoms with E-state index < -0.39 is 15.1 Å². The predicted octanol–water partition coefficient (Wildman–Crippen LogP) is 3.86. The molecule has 0 aliphatic rings. The monoisotopic (exact) mass is 371 g/mol. The summed E-state index contributed by atoms with van der Waals surface area (Å²) < 4.78 is 24.9. The lowest BCUT2D eigenvalue weighted by molar-refractivity contribution is 0.0786. The van der Waals surface area contributed by atoms with Gasteiger partial charge >= 0.3 is 0 Å². The maximum atomic E-state index is 12.4. The van der Waals surface area contributed by atoms with Gasteiger partial charge in [0.1, 0.15) is 0 Å². The summed E-state index contributed by atoms with van der Waals surface area (Å²) in [6.07, 6.45) is 0. The van der Waals surface area contributed by atoms with E-state index in [9.17, 15) is 13.2 Å². The first kappa shape index (κ1) is 18.0. The van der Waals surface area contributed by atoms with Gasteiger partial charge in [-0.1, -0.05) is 11.6 Å². The quantitative estimate of drug-likeness (QED) is 0.802. The summed E-state index contributed by atoms with van der Waals surface area (Å²) in [6, 6.07) is 9.75. The van der Waals surface area contributed by atoms with Gasteiger partial charge in [-0.15, -0.1) is 11.3 Å². The molecule has 0 aliphatic heterocycles. The van der Waals surface area contributed by atoms with Crippen molar-refractivity contribution in [3.05, 3.63) is 51.2 Å². The van der Waals surface area contributed by atoms with Gasteiger partial charge in [0.05, 0.1) is 21.0 Å². The Labute approximate surface area is 145 Å². The van der Waals surface area contributed by atoms with Crippen LogP contribution < -0.4 is 0 Å². The van der Waals surface area contributed by atoms with Gasteiger partial charge < -0.3 is 4.90 Å². The minimum atomic E-state index is -3.32. The largest absolute Gasteiger partial charge is 0.337 e. The van der Waals surface area contributed by atoms with Crippen molar-refractivity contribution in [2.24, 2.45) is 0 Å². The molecule has 0 bridgehead atoms. The summed E-state index contributed by atoms with van der Waals surface area (Å²) in [5, 5.41) is -0.490. The lowest BCUT2D eigenvalue weighted by Gasteiger charge is -2.16. The van der Waals surface area contributed by atoms with Gasteiger partial charge in [0.2, 0.25) is 0 Å². The summed E-state index contributed by atoms with van der Waals surface area (Å²) in [5.41, 5.74) is 0.456. The molecule has 1 aromatic heterocycles. The highest BCUT2D eigenvalue weighted by Crippen LogP contribution is 2.23. The number of carbonyl (C=O) groups excluding carboxylic acids is 1. The zero-order chi connectivity index (χ0) is 17.2. The molecule has 0 atom stereocenters. The molecule has 0 radical (unpaired) electrons. The van der Waals surface area contributed by atoms with Crippen molar-refractivity contribution < 1.29 is 13.2 Å². The molecule has 0 saturated heterocycles. The Morgan fingerprint density at radius 3 is 2.26 bits per heavy atom. The number of thiophene rings is 1. The highest BCUT2D eigenvalue weighted by Gasteiger charge is 2.20. The minimum Gasteiger partial charge on any atom is -0.337 e. The summed E-state index contributed by atoms with van der Waals surface area (Å²) >= 11 is 7.31. The topological polar surface area (TPSA) is 54.5 Å². The van der Waals surface area contributed by atoms with Crippen molar-refractivity contribution in [3.8, 4) is 0 Å². The van der Waals surface area contributed by atoms with Crippen LogP contribution in [0, 0.1) is 0 Å². The van der Waals surface area contributed by atoms with Crippen molar-refractivity contribution in [1.82, 2.24) is 4.90 Å². The Morgan fingerprint density at radius 1 is 1.17 bits per heavy atom. The molecular weight excluding hydrogens is 354 g/mol. The first-order valence-electron chi connectivity index (χ1n) is 7.05. The first-order valence-corrected chi connectivity index (χ1v) is 9.79. The summed E-state index contributed by atoms with van der Waals surface area (Å²) in [4.78, 5) is 15.2. The van der Waals surface area contributed by atoms with E-state index in [1.165, 1.54) is 23.5 Å². The Balaban J connectivity index is 2.14. The second-order valence-corrected chi connectivity index (χ2v) is 9.79. The number of halogens is 1. The van der Waals surface area contributed by atoms with Crippen LogP contribution >= 0.6 is 22.9 Å². The van der Waals surface area contributed by atoms with E-state index in [2.05, 4.69) is 0 Å². The third-order valence-corrected chi connectivity index (χ3v) is 6.81. The molecule has 1 heterocycles. The number of amides is 1. The molecule has 0 saturated carbocycles. The fourth-order valence-corrected chi connectivity index (χ4v) is 4.22. The smallest absolute Gasteiger partial charge is 0.253 e. The molecule has 124 valence electrons. The van der Waals surface area contributed by atoms with Crippen LogP contribution in [0.2, 0.25) is 4.34 Å². The third-order valence-electron chi connectivity index (χ3n) is 3.42. The van der Waals surface area contributed by atoms with Crippen LogP contribution in [0.5, 0.6) is 0 Å². The predicted molar refractivity (Wildman–Crippen MR) is 93.9 cm³/mol. The van der Waals surface area contributed by atoms with Gasteiger partial charge in [0.15, 0.2) is 9.84 Å². The summed E-state index contributed by atoms with van der Waals surface area (Å²) in [7, 11) is -1.62. The molecular formula is C16H18ClNO3S2. The number of rotatable bonds is 5. The second kappa shape index (κ2) is 7.03. The highest BCUT2D eigenvalue weighted by molar-refractivity contribution is 7.92. The zero-order valence-corrected chi connectivity index (χ0v) is 15.5. The van der Waals surface area contributed by atoms with Crippen LogP contribution in [0.4, 0.5) is 0 Å². The normalized spacial score (nSPS) is 11.7. The Kier molecular flexibility index (Phi) is 5.49. The number of carbonyl (C=O) groups is 1. The molecule has 2 aromatic rings. The maximum absolute atomic E-state index is 12.4. The van der Waals surface area contributed by atoms with E-state index >= 15 is 0 Å². The fourth-order valence-electron chi connectivity index (χ4n) is 2.02. The van der Waals surface area contributed by atoms with Gasteiger partial charge in [-0.2, -0.15) is 0 Å². The molecule has 4 nitrogen and oxygen atoms in total. The number of hydrogen-bond acceptors (Lipinski definition) is 4. The summed E-state index contributed by atoms with van der Waals surface area (Å²) in [6.45, 7) is 3.73. The average molecular weight is 372 g/mol. The van der Waals surface area contributed by atoms with Crippen LogP contribution in [0.1, 0.15) is 29.1 Å². The van der Waals surface area contributed by atoms with Crippen molar-refractivity contribution in [2.75, 3.05) is 7.05 Å². The van der Waals surface area contributed by atoms with E-state index in [1.807, 2.05) is 6.07 Å². The second-order valence-electron chi connectivity index (χ2n) is 5.49. The number of nitrogens with zero attached hydrogens (tertiary/aromatic N) is 1. The van der Waals surface area contributed by atoms with E-state index in [0.29, 0.717) is 16.4 Å². The van der Waals surface area contributed by atoms with Crippen LogP contribution in [0.3, 0.4) is 0 Å². The highest BCUT2D eigenvalue weighted by atomic mass is 35.5. The van der Waals surface area contributed by atoms with Crippen LogP contribution in [0.25, 0.3) is 0 Å². The lowest BCUT2D eigenvalue weighted by Crippen LogP contribution is -2.25. The van der Waals surface area contributed by atoms with Gasteiger partial charge in [0, 0.05) is 17.5 Å². The molecule has 1 aromatic carbocycles. The Morgan fingerprint density at radius 2 is 1.78 bits per heavy atom. The van der Waals surface area contributed by atoms with Crippen LogP contribution in [-0.4, -0.2) is 31.5 Å². The molecule has 0 fully saturated rings. The molecule has 23 heavy (non-hydrogen) atoms. The lowest BCUT2D eigenvalue weighted by atomic mass is 10.2. The number of hydrogen-bond donors (Lipinski definition) is 0. The molecule has 0 unspecified atom stereocenters. The minimum absolute atomic E-state index is 0.164. The van der Waals surface area contributed by atoms with Crippen molar-refractivity contribution in [3.63, 3.8) is 0 Å². The fraction of sp³-hybridized carbons (Fsp3) is 0.312. The van der Waals surface area contributed by atoms with E-state index in [1.54, 1.807) is 44.0 Å². The van der Waals surface area contributed by atoms with E-state index in [-0.39, 0.29) is 10.8 Å². The van der Waals surface area contributed by atoms with Crippen LogP contribution in [-0.2, 0) is 16.4 Å². The SMILES string of the molecule is CC(C)S(=O)(=O)c1ccc(C(=O)N(C)Cc2ccc(Cl)s2)cc1. The molecule has 7 heteroatoms. The molecule has 0 aliphatic carbocycles. The Hall–Kier alpha value is -1.37. The van der Waals surface area contributed by atoms with E-state index in [4.69, 9.17) is 11.6 Å². The summed E-state index contributed by atoms with van der Waals surface area (Å²) in [5.74, 6) is -0.164.